The Morgan fingerprint density at radius 2 is 1.42 bits per heavy atom. The predicted molar refractivity (Wildman–Crippen MR) is 261 cm³/mol. The largest absolute Gasteiger partial charge is 1.00 e. The molecular weight excluding hydrogens is 1090 g/mol. The van der Waals surface area contributed by atoms with Gasteiger partial charge in [-0.1, -0.05) is 53.2 Å². The number of hydrogen-bond acceptors (Lipinski definition) is 22. The molecule has 4 saturated carbocycles. The van der Waals surface area contributed by atoms with E-state index in [2.05, 4.69) is 40.7 Å². The van der Waals surface area contributed by atoms with Gasteiger partial charge in [0.25, 0.3) is 0 Å². The Bertz CT molecular complexity index is 2250. The van der Waals surface area contributed by atoms with E-state index in [0.717, 1.165) is 0 Å². The number of carbonyl (C=O) groups is 3. The molecule has 2 bridgehead atoms. The Labute approximate surface area is 509 Å². The van der Waals surface area contributed by atoms with Gasteiger partial charge in [0, 0.05) is 12.3 Å². The van der Waals surface area contributed by atoms with Crippen LogP contribution in [0, 0.1) is 56.2 Å². The molecule has 4 heterocycles. The van der Waals surface area contributed by atoms with E-state index in [4.69, 9.17) is 42.6 Å². The molecular formula is C54H84ClKO23. The summed E-state index contributed by atoms with van der Waals surface area (Å²) in [6, 6.07) is 0. The van der Waals surface area contributed by atoms with Gasteiger partial charge in [-0.25, -0.2) is 4.79 Å². The molecule has 25 heteroatoms. The summed E-state index contributed by atoms with van der Waals surface area (Å²) in [6.07, 6.45) is -22.8. The molecule has 0 aromatic carbocycles. The Morgan fingerprint density at radius 1 is 0.759 bits per heavy atom. The molecule has 8 fully saturated rings. The molecule has 23 nitrogen and oxygen atoms in total. The zero-order valence-corrected chi connectivity index (χ0v) is 50.7. The number of carbonyl (C=O) groups excluding carboxylic acids is 2. The van der Waals surface area contributed by atoms with Crippen molar-refractivity contribution in [3.8, 4) is 0 Å². The van der Waals surface area contributed by atoms with Crippen molar-refractivity contribution in [3.05, 3.63) is 11.6 Å². The first-order valence-electron chi connectivity index (χ1n) is 27.4. The molecule has 0 aromatic heterocycles. The van der Waals surface area contributed by atoms with Crippen LogP contribution in [0.3, 0.4) is 0 Å². The number of aliphatic hydroxyl groups excluding tert-OH is 10. The minimum absolute atomic E-state index is 0. The molecule has 0 spiro atoms. The fourth-order valence-electron chi connectivity index (χ4n) is 16.5. The summed E-state index contributed by atoms with van der Waals surface area (Å²) >= 11 is 0. The van der Waals surface area contributed by atoms with E-state index >= 15 is 0 Å². The number of ether oxygens (including phenoxy) is 9. The number of halogens is 1. The number of hydrogen-bond donors (Lipinski definition) is 11. The summed E-state index contributed by atoms with van der Waals surface area (Å²) in [6.45, 7) is 15.8. The Kier molecular flexibility index (Phi) is 20.0. The average Bonchev–Trinajstić information content (AvgIpc) is 3.56. The second-order valence-corrected chi connectivity index (χ2v) is 25.8. The van der Waals surface area contributed by atoms with E-state index in [-0.39, 0.29) is 100 Å². The van der Waals surface area contributed by atoms with Crippen LogP contribution in [0.25, 0.3) is 0 Å². The number of esters is 2. The number of aliphatic carboxylic acids is 1. The number of carboxylic acid groups (broad SMARTS) is 1. The summed E-state index contributed by atoms with van der Waals surface area (Å²) in [5, 5.41) is 120. The summed E-state index contributed by atoms with van der Waals surface area (Å²) in [5.41, 5.74) is -2.40. The first-order chi connectivity index (χ1) is 36.0. The molecule has 9 aliphatic rings. The Balaban J connectivity index is 0.00000452. The van der Waals surface area contributed by atoms with E-state index in [1.807, 2.05) is 6.92 Å². The third kappa shape index (κ3) is 10.6. The second kappa shape index (κ2) is 23.9. The first kappa shape index (κ1) is 65.9. The molecule has 9 rings (SSSR count). The maximum absolute atomic E-state index is 13.6. The van der Waals surface area contributed by atoms with Gasteiger partial charge in [0.2, 0.25) is 0 Å². The van der Waals surface area contributed by atoms with Crippen molar-refractivity contribution < 1.29 is 177 Å². The summed E-state index contributed by atoms with van der Waals surface area (Å²) in [4.78, 5) is 38.4. The van der Waals surface area contributed by atoms with Gasteiger partial charge < -0.3 is 111 Å². The van der Waals surface area contributed by atoms with Gasteiger partial charge in [-0.15, -0.1) is 0 Å². The maximum Gasteiger partial charge on any atom is 1.00 e. The minimum atomic E-state index is -2.09. The Morgan fingerprint density at radius 3 is 2.05 bits per heavy atom. The molecule has 0 amide bonds. The molecule has 0 aromatic rings. The molecule has 4 aliphatic heterocycles. The summed E-state index contributed by atoms with van der Waals surface area (Å²) in [5.74, 6) is -3.82. The standard InChI is InChI=1S/C54H84O23.ClH.K/c1-22(23(2)71-24(3)57)45(68)70-21-54-26-16-49(4,5)43(42(54)65)73-32(54)17-53(9)25(26)10-11-30-50(6)14-13-31(51(7,20-56)29(50)12-15-52(30,53)8)74-48-40(76-46-36(62)33(59)27(58)19-69-46)38(64)39(41(77-48)44(66)67)75-47-37(63)35(61)34(60)28(18-55)72-47;;/h10,22-23,26-43,46-48,55-56,58-65H,11-21H2,1-9H3,(H,66,67);1H;/q;;+1/p-1/t22?,23?,26?,27-,28+,29?,30?,31-,32-,33+,34+,35-,36-,37+,38-,39?,40+,41-,42+,43-,46+,47+,48+,50-,51+,52+,53+,54-;;/m0../s1. The van der Waals surface area contributed by atoms with Crippen LogP contribution in [0.2, 0.25) is 0 Å². The smallest absolute Gasteiger partial charge is 1.00 e. The first-order valence-corrected chi connectivity index (χ1v) is 27.4. The third-order valence-electron chi connectivity index (χ3n) is 21.3. The summed E-state index contributed by atoms with van der Waals surface area (Å²) in [7, 11) is 0. The van der Waals surface area contributed by atoms with Gasteiger partial charge in [-0.2, -0.15) is 0 Å². The van der Waals surface area contributed by atoms with E-state index < -0.39 is 181 Å². The van der Waals surface area contributed by atoms with Crippen molar-refractivity contribution in [2.45, 2.75) is 224 Å². The zero-order valence-electron chi connectivity index (χ0n) is 46.8. The normalized spacial score (nSPS) is 50.4. The molecule has 4 saturated heterocycles. The molecule has 446 valence electrons. The van der Waals surface area contributed by atoms with Crippen LogP contribution in [0.5, 0.6) is 0 Å². The molecule has 5 aliphatic carbocycles. The van der Waals surface area contributed by atoms with Crippen LogP contribution in [0.15, 0.2) is 11.6 Å². The van der Waals surface area contributed by atoms with Gasteiger partial charge in [0.15, 0.2) is 25.0 Å². The number of fused-ring (bicyclic) bond motifs is 7. The van der Waals surface area contributed by atoms with Crippen molar-refractivity contribution in [2.24, 2.45) is 56.2 Å². The van der Waals surface area contributed by atoms with E-state index in [1.165, 1.54) is 12.5 Å². The third-order valence-corrected chi connectivity index (χ3v) is 21.3. The molecule has 11 N–H and O–H groups in total. The molecule has 79 heavy (non-hydrogen) atoms. The van der Waals surface area contributed by atoms with Crippen LogP contribution in [-0.4, -0.2) is 217 Å². The predicted octanol–water partition coefficient (Wildman–Crippen LogP) is -6.58. The van der Waals surface area contributed by atoms with Crippen molar-refractivity contribution in [2.75, 3.05) is 26.4 Å². The maximum atomic E-state index is 13.6. The monoisotopic (exact) mass is 1170 g/mol. The van der Waals surface area contributed by atoms with Crippen molar-refractivity contribution in [3.63, 3.8) is 0 Å². The van der Waals surface area contributed by atoms with Crippen LogP contribution in [0.1, 0.15) is 107 Å². The molecule has 28 atom stereocenters. The van der Waals surface area contributed by atoms with Gasteiger partial charge in [-0.05, 0) is 98.2 Å². The van der Waals surface area contributed by atoms with E-state index in [0.29, 0.717) is 44.9 Å². The van der Waals surface area contributed by atoms with E-state index in [1.54, 1.807) is 13.8 Å². The average molecular weight is 1180 g/mol. The SMILES string of the molecule is CC(=O)OC(C)C(C)C(=O)OC[C@]12C3CC(C)(C)[C@@H](O[C@H]1C[C@]1(C)C3=CCC3[C@@]4(C)CC[C@H](O[C@@H]5O[C@H](C(=O)O)C(O[C@H]6O[C@H](CO)[C@@H](O)[C@H](O)[C@H]6O)[C@H](O)[C@H]5O[C@H]5OC[C@H](O)[C@@H](O)[C@@H]5O)[C@](C)(CO)C4CC[C@]31C)[C@H]2O.[Cl-].[K+]. The molecule has 6 unspecified atom stereocenters. The number of carboxylic acids is 1. The number of allylic oxidation sites excluding steroid dienone is 2. The van der Waals surface area contributed by atoms with Gasteiger partial charge in [0.05, 0.1) is 55.6 Å². The number of rotatable bonds is 14. The topological polar surface area (TPSA) is 357 Å². The quantitative estimate of drug-likeness (QED) is 0.0333. The van der Waals surface area contributed by atoms with E-state index in [9.17, 15) is 70.6 Å². The van der Waals surface area contributed by atoms with Gasteiger partial charge in [0.1, 0.15) is 73.8 Å². The summed E-state index contributed by atoms with van der Waals surface area (Å²) < 4.78 is 54.3. The van der Waals surface area contributed by atoms with Crippen LogP contribution in [0.4, 0.5) is 0 Å². The second-order valence-electron chi connectivity index (χ2n) is 25.8. The van der Waals surface area contributed by atoms with Crippen LogP contribution >= 0.6 is 0 Å². The fourth-order valence-corrected chi connectivity index (χ4v) is 16.5. The molecule has 0 radical (unpaired) electrons. The fraction of sp³-hybridized carbons (Fsp3) is 0.907. The van der Waals surface area contributed by atoms with Crippen LogP contribution < -0.4 is 63.8 Å². The van der Waals surface area contributed by atoms with Crippen molar-refractivity contribution >= 4 is 17.9 Å². The van der Waals surface area contributed by atoms with Gasteiger partial charge in [-0.3, -0.25) is 9.59 Å². The van der Waals surface area contributed by atoms with Gasteiger partial charge >= 0.3 is 69.3 Å². The van der Waals surface area contributed by atoms with Crippen molar-refractivity contribution in [1.29, 1.82) is 0 Å². The van der Waals surface area contributed by atoms with Crippen molar-refractivity contribution in [1.82, 2.24) is 0 Å². The minimum Gasteiger partial charge on any atom is -1.00 e. The number of aliphatic hydroxyl groups is 10. The zero-order chi connectivity index (χ0) is 56.4. The Hall–Kier alpha value is -0.604. The van der Waals surface area contributed by atoms with Crippen LogP contribution in [-0.2, 0) is 57.0 Å².